The van der Waals surface area contributed by atoms with Gasteiger partial charge < -0.3 is 9.84 Å². The minimum Gasteiger partial charge on any atom is -0.396 e. The lowest BCUT2D eigenvalue weighted by molar-refractivity contribution is 0.0489. The Hall–Kier alpha value is -0.860. The first-order valence-corrected chi connectivity index (χ1v) is 8.16. The van der Waals surface area contributed by atoms with Gasteiger partial charge in [0.1, 0.15) is 0 Å². The molecule has 2 rings (SSSR count). The average Bonchev–Trinajstić information content (AvgIpc) is 3.07. The SMILES string of the molecule is CC.CC.OCCCOC1CCCC1.c1ccccc1. The lowest BCUT2D eigenvalue weighted by Crippen LogP contribution is -2.09. The minimum absolute atomic E-state index is 0.257. The summed E-state index contributed by atoms with van der Waals surface area (Å²) in [6.45, 7) is 8.99. The Balaban J connectivity index is 0. The molecule has 0 amide bonds. The van der Waals surface area contributed by atoms with Crippen LogP contribution in [0.25, 0.3) is 0 Å². The molecule has 1 aliphatic rings. The van der Waals surface area contributed by atoms with Gasteiger partial charge >= 0.3 is 0 Å². The molecule has 0 spiro atoms. The van der Waals surface area contributed by atoms with Crippen LogP contribution in [0.5, 0.6) is 0 Å². The average molecular weight is 282 g/mol. The zero-order valence-electron chi connectivity index (χ0n) is 13.8. The maximum absolute atomic E-state index is 8.46. The number of hydrogen-bond acceptors (Lipinski definition) is 2. The molecule has 20 heavy (non-hydrogen) atoms. The molecule has 0 radical (unpaired) electrons. The van der Waals surface area contributed by atoms with Crippen molar-refractivity contribution in [3.63, 3.8) is 0 Å². The molecule has 1 N–H and O–H groups in total. The number of ether oxygens (including phenoxy) is 1. The largest absolute Gasteiger partial charge is 0.396 e. The molecule has 2 nitrogen and oxygen atoms in total. The second-order valence-corrected chi connectivity index (χ2v) is 4.01. The molecule has 1 aliphatic carbocycles. The standard InChI is InChI=1S/C8H16O2.C6H6.2C2H6/c9-6-3-7-10-8-4-1-2-5-8;1-2-4-6-5-3-1;2*1-2/h8-9H,1-7H2;1-6H;2*1-2H3. The van der Waals surface area contributed by atoms with E-state index in [1.807, 2.05) is 64.1 Å². The van der Waals surface area contributed by atoms with Crippen molar-refractivity contribution >= 4 is 0 Å². The van der Waals surface area contributed by atoms with Crippen molar-refractivity contribution in [1.29, 1.82) is 0 Å². The Morgan fingerprint density at radius 2 is 1.25 bits per heavy atom. The molecule has 0 aliphatic heterocycles. The minimum atomic E-state index is 0.257. The lowest BCUT2D eigenvalue weighted by Gasteiger charge is -2.09. The molecular weight excluding hydrogens is 248 g/mol. The molecule has 0 saturated heterocycles. The van der Waals surface area contributed by atoms with Gasteiger partial charge in [0.05, 0.1) is 6.10 Å². The van der Waals surface area contributed by atoms with Crippen LogP contribution in [0, 0.1) is 0 Å². The highest BCUT2D eigenvalue weighted by molar-refractivity contribution is 4.99. The molecule has 0 bridgehead atoms. The first-order valence-electron chi connectivity index (χ1n) is 8.16. The van der Waals surface area contributed by atoms with Gasteiger partial charge in [-0.3, -0.25) is 0 Å². The number of aliphatic hydroxyl groups is 1. The van der Waals surface area contributed by atoms with E-state index < -0.39 is 0 Å². The Bertz CT molecular complexity index is 204. The predicted molar refractivity (Wildman–Crippen MR) is 89.0 cm³/mol. The highest BCUT2D eigenvalue weighted by atomic mass is 16.5. The summed E-state index contributed by atoms with van der Waals surface area (Å²) in [5.41, 5.74) is 0. The molecule has 2 heteroatoms. The fraction of sp³-hybridized carbons (Fsp3) is 0.667. The van der Waals surface area contributed by atoms with Crippen molar-refractivity contribution in [2.45, 2.75) is 65.9 Å². The van der Waals surface area contributed by atoms with E-state index in [0.29, 0.717) is 6.10 Å². The van der Waals surface area contributed by atoms with Gasteiger partial charge in [-0.05, 0) is 19.3 Å². The van der Waals surface area contributed by atoms with Crippen LogP contribution in [-0.2, 0) is 4.74 Å². The van der Waals surface area contributed by atoms with E-state index in [1.165, 1.54) is 25.7 Å². The van der Waals surface area contributed by atoms with Crippen LogP contribution in [0.3, 0.4) is 0 Å². The number of rotatable bonds is 4. The fourth-order valence-electron chi connectivity index (χ4n) is 1.75. The van der Waals surface area contributed by atoms with Gasteiger partial charge in [-0.1, -0.05) is 76.9 Å². The maximum atomic E-state index is 8.46. The van der Waals surface area contributed by atoms with E-state index in [-0.39, 0.29) is 6.61 Å². The zero-order valence-corrected chi connectivity index (χ0v) is 13.8. The van der Waals surface area contributed by atoms with Gasteiger partial charge in [-0.2, -0.15) is 0 Å². The van der Waals surface area contributed by atoms with Crippen molar-refractivity contribution in [2.75, 3.05) is 13.2 Å². The summed E-state index contributed by atoms with van der Waals surface area (Å²) in [6, 6.07) is 12.0. The number of aliphatic hydroxyl groups excluding tert-OH is 1. The summed E-state index contributed by atoms with van der Waals surface area (Å²) >= 11 is 0. The van der Waals surface area contributed by atoms with E-state index in [0.717, 1.165) is 13.0 Å². The van der Waals surface area contributed by atoms with Gasteiger partial charge in [-0.15, -0.1) is 0 Å². The molecule has 0 heterocycles. The molecule has 1 aromatic rings. The van der Waals surface area contributed by atoms with Gasteiger partial charge in [0.2, 0.25) is 0 Å². The first kappa shape index (κ1) is 21.4. The molecule has 1 fully saturated rings. The van der Waals surface area contributed by atoms with Crippen molar-refractivity contribution in [2.24, 2.45) is 0 Å². The highest BCUT2D eigenvalue weighted by Crippen LogP contribution is 2.20. The van der Waals surface area contributed by atoms with Gasteiger partial charge in [0.15, 0.2) is 0 Å². The molecule has 1 saturated carbocycles. The molecule has 0 atom stereocenters. The Morgan fingerprint density at radius 3 is 1.60 bits per heavy atom. The van der Waals surface area contributed by atoms with Crippen molar-refractivity contribution in [1.82, 2.24) is 0 Å². The van der Waals surface area contributed by atoms with E-state index >= 15 is 0 Å². The topological polar surface area (TPSA) is 29.5 Å². The Labute approximate surface area is 126 Å². The van der Waals surface area contributed by atoms with Gasteiger partial charge in [-0.25, -0.2) is 0 Å². The fourth-order valence-corrected chi connectivity index (χ4v) is 1.75. The number of benzene rings is 1. The predicted octanol–water partition coefficient (Wildman–Crippen LogP) is 5.07. The first-order chi connectivity index (χ1) is 9.93. The maximum Gasteiger partial charge on any atom is 0.0575 e. The third-order valence-corrected chi connectivity index (χ3v) is 2.62. The Kier molecular flexibility index (Phi) is 21.9. The highest BCUT2D eigenvalue weighted by Gasteiger charge is 2.14. The van der Waals surface area contributed by atoms with Gasteiger partial charge in [0.25, 0.3) is 0 Å². The van der Waals surface area contributed by atoms with Crippen molar-refractivity contribution < 1.29 is 9.84 Å². The van der Waals surface area contributed by atoms with E-state index in [9.17, 15) is 0 Å². The molecular formula is C18H34O2. The third kappa shape index (κ3) is 15.2. The summed E-state index contributed by atoms with van der Waals surface area (Å²) in [5.74, 6) is 0. The van der Waals surface area contributed by atoms with E-state index in [2.05, 4.69) is 0 Å². The Morgan fingerprint density at radius 1 is 0.850 bits per heavy atom. The molecule has 118 valence electrons. The lowest BCUT2D eigenvalue weighted by atomic mass is 10.3. The molecule has 0 aromatic heterocycles. The second kappa shape index (κ2) is 20.5. The molecule has 0 unspecified atom stereocenters. The van der Waals surface area contributed by atoms with Crippen LogP contribution in [0.1, 0.15) is 59.8 Å². The van der Waals surface area contributed by atoms with Crippen LogP contribution < -0.4 is 0 Å². The smallest absolute Gasteiger partial charge is 0.0575 e. The van der Waals surface area contributed by atoms with Crippen LogP contribution >= 0.6 is 0 Å². The van der Waals surface area contributed by atoms with E-state index in [4.69, 9.17) is 9.84 Å². The van der Waals surface area contributed by atoms with E-state index in [1.54, 1.807) is 0 Å². The van der Waals surface area contributed by atoms with Crippen molar-refractivity contribution in [3.05, 3.63) is 36.4 Å². The van der Waals surface area contributed by atoms with Crippen LogP contribution in [0.15, 0.2) is 36.4 Å². The number of hydrogen-bond donors (Lipinski definition) is 1. The summed E-state index contributed by atoms with van der Waals surface area (Å²) < 4.78 is 5.48. The van der Waals surface area contributed by atoms with Crippen LogP contribution in [-0.4, -0.2) is 24.4 Å². The quantitative estimate of drug-likeness (QED) is 0.781. The summed E-state index contributed by atoms with van der Waals surface area (Å²) in [5, 5.41) is 8.46. The normalized spacial score (nSPS) is 13.1. The zero-order chi connectivity index (χ0) is 15.5. The van der Waals surface area contributed by atoms with Crippen molar-refractivity contribution in [3.8, 4) is 0 Å². The van der Waals surface area contributed by atoms with Crippen LogP contribution in [0.2, 0.25) is 0 Å². The van der Waals surface area contributed by atoms with Crippen LogP contribution in [0.4, 0.5) is 0 Å². The second-order valence-electron chi connectivity index (χ2n) is 4.01. The summed E-state index contributed by atoms with van der Waals surface area (Å²) in [6.07, 6.45) is 6.40. The van der Waals surface area contributed by atoms with Gasteiger partial charge in [0, 0.05) is 13.2 Å². The third-order valence-electron chi connectivity index (χ3n) is 2.62. The summed E-state index contributed by atoms with van der Waals surface area (Å²) in [4.78, 5) is 0. The summed E-state index contributed by atoms with van der Waals surface area (Å²) in [7, 11) is 0. The monoisotopic (exact) mass is 282 g/mol. The molecule has 1 aromatic carbocycles.